The molecule has 10 heteroatoms. The Morgan fingerprint density at radius 2 is 1.08 bits per heavy atom. The first-order chi connectivity index (χ1) is 12.2. The molecule has 0 saturated heterocycles. The normalized spacial score (nSPS) is 10.6. The van der Waals surface area contributed by atoms with E-state index in [4.69, 9.17) is 21.1 Å². The van der Waals surface area contributed by atoms with Crippen molar-refractivity contribution in [1.82, 2.24) is 21.6 Å². The summed E-state index contributed by atoms with van der Waals surface area (Å²) >= 11 is 0. The Morgan fingerprint density at radius 3 is 1.48 bits per heavy atom. The van der Waals surface area contributed by atoms with Gasteiger partial charge in [0.1, 0.15) is 0 Å². The molecule has 0 rings (SSSR count). The van der Waals surface area contributed by atoms with E-state index in [9.17, 15) is 9.59 Å². The van der Waals surface area contributed by atoms with Crippen LogP contribution in [0, 0.1) is 0 Å². The number of carbonyl (C=O) groups is 2. The number of hydrogen-bond acceptors (Lipinski definition) is 10. The first-order valence-electron chi connectivity index (χ1n) is 8.87. The lowest BCUT2D eigenvalue weighted by Gasteiger charge is -2.07. The average molecular weight is 362 g/mol. The summed E-state index contributed by atoms with van der Waals surface area (Å²) in [6, 6.07) is 0. The molecule has 0 aromatic heterocycles. The Labute approximate surface area is 149 Å². The SMILES string of the molecule is NCCNCCNOC(=O)CCCCCC(=O)ONCCNCCN. The maximum atomic E-state index is 11.4. The molecule has 10 nitrogen and oxygen atoms in total. The molecule has 0 aliphatic rings. The van der Waals surface area contributed by atoms with Crippen molar-refractivity contribution in [2.45, 2.75) is 32.1 Å². The molecule has 0 amide bonds. The van der Waals surface area contributed by atoms with E-state index in [1.54, 1.807) is 0 Å². The summed E-state index contributed by atoms with van der Waals surface area (Å²) in [5.41, 5.74) is 15.9. The quantitative estimate of drug-likeness (QED) is 0.121. The Balaban J connectivity index is 3.30. The van der Waals surface area contributed by atoms with Crippen molar-refractivity contribution in [2.75, 3.05) is 52.4 Å². The molecule has 0 radical (unpaired) electrons. The van der Waals surface area contributed by atoms with E-state index in [1.807, 2.05) is 0 Å². The molecule has 0 heterocycles. The van der Waals surface area contributed by atoms with Gasteiger partial charge in [0.15, 0.2) is 0 Å². The number of nitrogens with two attached hydrogens (primary N) is 2. The van der Waals surface area contributed by atoms with Gasteiger partial charge in [0, 0.05) is 65.2 Å². The molecule has 0 fully saturated rings. The van der Waals surface area contributed by atoms with E-state index < -0.39 is 0 Å². The fourth-order valence-corrected chi connectivity index (χ4v) is 1.81. The fourth-order valence-electron chi connectivity index (χ4n) is 1.81. The highest BCUT2D eigenvalue weighted by molar-refractivity contribution is 5.69. The summed E-state index contributed by atoms with van der Waals surface area (Å²) in [7, 11) is 0. The zero-order valence-corrected chi connectivity index (χ0v) is 15.0. The maximum absolute atomic E-state index is 11.4. The van der Waals surface area contributed by atoms with Crippen LogP contribution >= 0.6 is 0 Å². The highest BCUT2D eigenvalue weighted by atomic mass is 16.7. The third kappa shape index (κ3) is 18.9. The largest absolute Gasteiger partial charge is 0.371 e. The predicted molar refractivity (Wildman–Crippen MR) is 95.1 cm³/mol. The van der Waals surface area contributed by atoms with Crippen molar-refractivity contribution in [3.05, 3.63) is 0 Å². The molecule has 148 valence electrons. The smallest absolute Gasteiger partial charge is 0.324 e. The zero-order chi connectivity index (χ0) is 18.6. The summed E-state index contributed by atoms with van der Waals surface area (Å²) in [5.74, 6) is -0.596. The van der Waals surface area contributed by atoms with Crippen LogP contribution in [0.3, 0.4) is 0 Å². The van der Waals surface area contributed by atoms with E-state index in [2.05, 4.69) is 21.6 Å². The third-order valence-electron chi connectivity index (χ3n) is 3.08. The van der Waals surface area contributed by atoms with Crippen LogP contribution in [0.15, 0.2) is 0 Å². The molecule has 0 aliphatic carbocycles. The lowest BCUT2D eigenvalue weighted by Crippen LogP contribution is -2.32. The van der Waals surface area contributed by atoms with E-state index >= 15 is 0 Å². The predicted octanol–water partition coefficient (Wildman–Crippen LogP) is -1.87. The van der Waals surface area contributed by atoms with Crippen LogP contribution in [0.2, 0.25) is 0 Å². The number of hydrogen-bond donors (Lipinski definition) is 6. The Bertz CT molecular complexity index is 303. The van der Waals surface area contributed by atoms with Gasteiger partial charge < -0.3 is 31.8 Å². The van der Waals surface area contributed by atoms with Gasteiger partial charge in [-0.3, -0.25) is 9.59 Å². The van der Waals surface area contributed by atoms with Gasteiger partial charge in [-0.15, -0.1) is 0 Å². The topological polar surface area (TPSA) is 153 Å². The standard InChI is InChI=1S/C15H34N6O4/c16-6-8-18-10-12-20-24-14(22)4-2-1-3-5-15(23)25-21-13-11-19-9-7-17/h18-21H,1-13,16-17H2. The van der Waals surface area contributed by atoms with Gasteiger partial charge in [0.05, 0.1) is 0 Å². The van der Waals surface area contributed by atoms with Gasteiger partial charge in [0.25, 0.3) is 0 Å². The minimum atomic E-state index is -0.298. The third-order valence-corrected chi connectivity index (χ3v) is 3.08. The Kier molecular flexibility index (Phi) is 18.0. The van der Waals surface area contributed by atoms with Crippen molar-refractivity contribution in [3.63, 3.8) is 0 Å². The summed E-state index contributed by atoms with van der Waals surface area (Å²) in [6.07, 6.45) is 2.76. The van der Waals surface area contributed by atoms with Gasteiger partial charge in [-0.1, -0.05) is 6.42 Å². The monoisotopic (exact) mass is 362 g/mol. The highest BCUT2D eigenvalue weighted by Gasteiger charge is 2.05. The second-order valence-corrected chi connectivity index (χ2v) is 5.37. The van der Waals surface area contributed by atoms with E-state index in [0.717, 1.165) is 19.5 Å². The molecular weight excluding hydrogens is 328 g/mol. The van der Waals surface area contributed by atoms with Crippen LogP contribution < -0.4 is 33.1 Å². The number of nitrogens with one attached hydrogen (secondary N) is 4. The molecule has 0 aromatic carbocycles. The number of hydroxylamine groups is 2. The van der Waals surface area contributed by atoms with Crippen molar-refractivity contribution in [1.29, 1.82) is 0 Å². The second kappa shape index (κ2) is 19.0. The van der Waals surface area contributed by atoms with Crippen LogP contribution in [0.5, 0.6) is 0 Å². The van der Waals surface area contributed by atoms with Crippen LogP contribution in [-0.4, -0.2) is 64.3 Å². The minimum absolute atomic E-state index is 0.298. The first-order valence-corrected chi connectivity index (χ1v) is 8.87. The molecule has 0 atom stereocenters. The van der Waals surface area contributed by atoms with E-state index in [1.165, 1.54) is 0 Å². The molecule has 25 heavy (non-hydrogen) atoms. The fraction of sp³-hybridized carbons (Fsp3) is 0.867. The van der Waals surface area contributed by atoms with Crippen molar-refractivity contribution in [2.24, 2.45) is 11.5 Å². The summed E-state index contributed by atoms with van der Waals surface area (Å²) in [6.45, 7) is 5.06. The van der Waals surface area contributed by atoms with E-state index in [0.29, 0.717) is 65.0 Å². The highest BCUT2D eigenvalue weighted by Crippen LogP contribution is 2.04. The van der Waals surface area contributed by atoms with E-state index in [-0.39, 0.29) is 11.9 Å². The zero-order valence-electron chi connectivity index (χ0n) is 15.0. The Hall–Kier alpha value is -1.30. The van der Waals surface area contributed by atoms with Crippen LogP contribution in [-0.2, 0) is 19.3 Å². The molecule has 0 saturated carbocycles. The van der Waals surface area contributed by atoms with Crippen molar-refractivity contribution >= 4 is 11.9 Å². The molecule has 0 spiro atoms. The van der Waals surface area contributed by atoms with Crippen LogP contribution in [0.1, 0.15) is 32.1 Å². The molecule has 0 aliphatic heterocycles. The van der Waals surface area contributed by atoms with Gasteiger partial charge in [-0.05, 0) is 12.8 Å². The van der Waals surface area contributed by atoms with Crippen molar-refractivity contribution < 1.29 is 19.3 Å². The van der Waals surface area contributed by atoms with Gasteiger partial charge in [-0.25, -0.2) is 0 Å². The molecular formula is C15H34N6O4. The number of unbranched alkanes of at least 4 members (excludes halogenated alkanes) is 2. The summed E-state index contributed by atoms with van der Waals surface area (Å²) < 4.78 is 0. The molecule has 8 N–H and O–H groups in total. The van der Waals surface area contributed by atoms with Crippen molar-refractivity contribution in [3.8, 4) is 0 Å². The number of rotatable bonds is 18. The summed E-state index contributed by atoms with van der Waals surface area (Å²) in [4.78, 5) is 32.6. The average Bonchev–Trinajstić information content (AvgIpc) is 2.60. The maximum Gasteiger partial charge on any atom is 0.324 e. The first kappa shape index (κ1) is 23.7. The number of carbonyl (C=O) groups excluding carboxylic acids is 2. The molecule has 0 unspecified atom stereocenters. The lowest BCUT2D eigenvalue weighted by molar-refractivity contribution is -0.151. The summed E-state index contributed by atoms with van der Waals surface area (Å²) in [5, 5.41) is 6.14. The molecule has 0 bridgehead atoms. The van der Waals surface area contributed by atoms with Crippen LogP contribution in [0.25, 0.3) is 0 Å². The van der Waals surface area contributed by atoms with Gasteiger partial charge in [-0.2, -0.15) is 11.0 Å². The van der Waals surface area contributed by atoms with Crippen LogP contribution in [0.4, 0.5) is 0 Å². The lowest BCUT2D eigenvalue weighted by atomic mass is 10.1. The second-order valence-electron chi connectivity index (χ2n) is 5.37. The van der Waals surface area contributed by atoms with Gasteiger partial charge in [0.2, 0.25) is 0 Å². The van der Waals surface area contributed by atoms with Gasteiger partial charge >= 0.3 is 11.9 Å². The molecule has 0 aromatic rings. The minimum Gasteiger partial charge on any atom is -0.371 e. The Morgan fingerprint density at radius 1 is 0.640 bits per heavy atom.